The summed E-state index contributed by atoms with van der Waals surface area (Å²) in [6, 6.07) is 3.53. The summed E-state index contributed by atoms with van der Waals surface area (Å²) >= 11 is 0. The number of pyridine rings is 1. The lowest BCUT2D eigenvalue weighted by Gasteiger charge is -2.32. The number of hydrogen-bond acceptors (Lipinski definition) is 5. The summed E-state index contributed by atoms with van der Waals surface area (Å²) < 4.78 is 4.95. The number of carbonyl (C=O) groups excluding carboxylic acids is 2. The fourth-order valence-corrected chi connectivity index (χ4v) is 3.95. The second-order valence-corrected chi connectivity index (χ2v) is 6.34. The van der Waals surface area contributed by atoms with Gasteiger partial charge < -0.3 is 10.1 Å². The van der Waals surface area contributed by atoms with Crippen LogP contribution >= 0.6 is 0 Å². The van der Waals surface area contributed by atoms with Crippen molar-refractivity contribution in [1.29, 1.82) is 0 Å². The Labute approximate surface area is 136 Å². The topological polar surface area (TPSA) is 71.5 Å². The first-order chi connectivity index (χ1) is 11.2. The number of amides is 1. The number of fused-ring (bicyclic) bond motifs is 1. The summed E-state index contributed by atoms with van der Waals surface area (Å²) in [7, 11) is 1.42. The van der Waals surface area contributed by atoms with E-state index in [9.17, 15) is 9.59 Å². The van der Waals surface area contributed by atoms with Crippen molar-refractivity contribution in [3.05, 3.63) is 24.5 Å². The summed E-state index contributed by atoms with van der Waals surface area (Å²) in [5, 5.41) is 2.87. The van der Waals surface area contributed by atoms with Crippen LogP contribution in [0.25, 0.3) is 0 Å². The van der Waals surface area contributed by atoms with E-state index in [-0.39, 0.29) is 24.5 Å². The number of methoxy groups -OCH3 is 1. The van der Waals surface area contributed by atoms with Crippen molar-refractivity contribution in [2.75, 3.05) is 19.0 Å². The van der Waals surface area contributed by atoms with Crippen LogP contribution in [0.1, 0.15) is 32.1 Å². The lowest BCUT2D eigenvalue weighted by atomic mass is 9.85. The van der Waals surface area contributed by atoms with Gasteiger partial charge in [0.1, 0.15) is 6.04 Å². The minimum Gasteiger partial charge on any atom is -0.468 e. The van der Waals surface area contributed by atoms with Crippen LogP contribution in [0.15, 0.2) is 24.5 Å². The van der Waals surface area contributed by atoms with Crippen molar-refractivity contribution in [3.8, 4) is 0 Å². The van der Waals surface area contributed by atoms with Crippen LogP contribution in [0.3, 0.4) is 0 Å². The van der Waals surface area contributed by atoms with Crippen molar-refractivity contribution in [2.24, 2.45) is 5.92 Å². The summed E-state index contributed by atoms with van der Waals surface area (Å²) in [6.07, 6.45) is 8.66. The maximum atomic E-state index is 12.4. The van der Waals surface area contributed by atoms with Gasteiger partial charge in [0, 0.05) is 24.1 Å². The average molecular weight is 317 g/mol. The van der Waals surface area contributed by atoms with E-state index in [0.29, 0.717) is 12.0 Å². The molecular formula is C17H23N3O3. The fourth-order valence-electron chi connectivity index (χ4n) is 3.95. The zero-order chi connectivity index (χ0) is 16.2. The Morgan fingerprint density at radius 2 is 2.04 bits per heavy atom. The molecule has 2 heterocycles. The van der Waals surface area contributed by atoms with Crippen molar-refractivity contribution in [1.82, 2.24) is 9.88 Å². The highest BCUT2D eigenvalue weighted by molar-refractivity contribution is 5.92. The first-order valence-corrected chi connectivity index (χ1v) is 8.22. The molecule has 124 valence electrons. The SMILES string of the molecule is COC(=O)[C@@H]1C[C@@H]2CCCC[C@@H]2N1CC(=O)Nc1ccncc1. The van der Waals surface area contributed by atoms with E-state index < -0.39 is 0 Å². The molecule has 1 aliphatic carbocycles. The molecule has 0 aromatic carbocycles. The molecule has 1 N–H and O–H groups in total. The fraction of sp³-hybridized carbons (Fsp3) is 0.588. The number of likely N-dealkylation sites (tertiary alicyclic amines) is 1. The van der Waals surface area contributed by atoms with Gasteiger partial charge in [-0.1, -0.05) is 12.8 Å². The van der Waals surface area contributed by atoms with Gasteiger partial charge >= 0.3 is 5.97 Å². The van der Waals surface area contributed by atoms with Gasteiger partial charge in [-0.3, -0.25) is 19.5 Å². The molecule has 1 aromatic heterocycles. The Balaban J connectivity index is 1.69. The van der Waals surface area contributed by atoms with Crippen molar-refractivity contribution in [3.63, 3.8) is 0 Å². The second-order valence-electron chi connectivity index (χ2n) is 6.34. The highest BCUT2D eigenvalue weighted by Crippen LogP contribution is 2.39. The largest absolute Gasteiger partial charge is 0.468 e. The average Bonchev–Trinajstić information content (AvgIpc) is 2.94. The van der Waals surface area contributed by atoms with E-state index >= 15 is 0 Å². The molecule has 6 heteroatoms. The Morgan fingerprint density at radius 1 is 1.30 bits per heavy atom. The zero-order valence-corrected chi connectivity index (χ0v) is 13.4. The van der Waals surface area contributed by atoms with Gasteiger partial charge in [-0.15, -0.1) is 0 Å². The quantitative estimate of drug-likeness (QED) is 0.858. The number of carbonyl (C=O) groups is 2. The van der Waals surface area contributed by atoms with Crippen molar-refractivity contribution >= 4 is 17.6 Å². The normalized spacial score (nSPS) is 27.3. The molecule has 0 bridgehead atoms. The lowest BCUT2D eigenvalue weighted by Crippen LogP contribution is -2.46. The number of anilines is 1. The number of nitrogens with one attached hydrogen (secondary N) is 1. The molecule has 2 fully saturated rings. The Bertz CT molecular complexity index is 563. The molecule has 3 rings (SSSR count). The van der Waals surface area contributed by atoms with E-state index in [2.05, 4.69) is 10.3 Å². The van der Waals surface area contributed by atoms with Gasteiger partial charge in [-0.25, -0.2) is 0 Å². The standard InChI is InChI=1S/C17H23N3O3/c1-23-17(22)15-10-12-4-2-3-5-14(12)20(15)11-16(21)19-13-6-8-18-9-7-13/h6-9,12,14-15H,2-5,10-11H2,1H3,(H,18,19,21)/t12-,14-,15-/m0/s1. The molecule has 2 aliphatic rings. The maximum absolute atomic E-state index is 12.4. The highest BCUT2D eigenvalue weighted by atomic mass is 16.5. The van der Waals surface area contributed by atoms with Crippen LogP contribution in [-0.2, 0) is 14.3 Å². The van der Waals surface area contributed by atoms with Crippen LogP contribution in [0, 0.1) is 5.92 Å². The molecule has 1 amide bonds. The third kappa shape index (κ3) is 3.52. The summed E-state index contributed by atoms with van der Waals surface area (Å²) in [4.78, 5) is 30.5. The molecule has 3 atom stereocenters. The van der Waals surface area contributed by atoms with Gasteiger partial charge in [0.25, 0.3) is 0 Å². The number of ether oxygens (including phenoxy) is 1. The van der Waals surface area contributed by atoms with Crippen LogP contribution in [0.4, 0.5) is 5.69 Å². The third-order valence-electron chi connectivity index (χ3n) is 4.98. The van der Waals surface area contributed by atoms with E-state index in [1.165, 1.54) is 13.5 Å². The van der Waals surface area contributed by atoms with Crippen LogP contribution in [-0.4, -0.2) is 47.5 Å². The van der Waals surface area contributed by atoms with Gasteiger partial charge in [-0.2, -0.15) is 0 Å². The first kappa shape index (κ1) is 15.9. The minimum atomic E-state index is -0.295. The predicted octanol–water partition coefficient (Wildman–Crippen LogP) is 1.83. The summed E-state index contributed by atoms with van der Waals surface area (Å²) in [5.41, 5.74) is 0.721. The van der Waals surface area contributed by atoms with Gasteiger partial charge in [0.05, 0.1) is 13.7 Å². The first-order valence-electron chi connectivity index (χ1n) is 8.22. The molecule has 23 heavy (non-hydrogen) atoms. The summed E-state index contributed by atoms with van der Waals surface area (Å²) in [6.45, 7) is 0.225. The smallest absolute Gasteiger partial charge is 0.323 e. The summed E-state index contributed by atoms with van der Waals surface area (Å²) in [5.74, 6) is 0.175. The lowest BCUT2D eigenvalue weighted by molar-refractivity contribution is -0.146. The number of rotatable bonds is 4. The molecular weight excluding hydrogens is 294 g/mol. The van der Waals surface area contributed by atoms with E-state index in [0.717, 1.165) is 31.4 Å². The van der Waals surface area contributed by atoms with E-state index in [1.807, 2.05) is 4.90 Å². The van der Waals surface area contributed by atoms with E-state index in [1.54, 1.807) is 24.5 Å². The van der Waals surface area contributed by atoms with E-state index in [4.69, 9.17) is 4.74 Å². The Kier molecular flexibility index (Phi) is 4.91. The maximum Gasteiger partial charge on any atom is 0.323 e. The molecule has 0 spiro atoms. The van der Waals surface area contributed by atoms with Gasteiger partial charge in [0.2, 0.25) is 5.91 Å². The number of esters is 1. The number of aromatic nitrogens is 1. The molecule has 1 aromatic rings. The molecule has 0 radical (unpaired) electrons. The van der Waals surface area contributed by atoms with Crippen molar-refractivity contribution < 1.29 is 14.3 Å². The molecule has 1 saturated carbocycles. The second kappa shape index (κ2) is 7.08. The van der Waals surface area contributed by atoms with Crippen molar-refractivity contribution in [2.45, 2.75) is 44.2 Å². The molecule has 1 aliphatic heterocycles. The molecule has 0 unspecified atom stereocenters. The van der Waals surface area contributed by atoms with Crippen LogP contribution in [0.5, 0.6) is 0 Å². The highest BCUT2D eigenvalue weighted by Gasteiger charge is 2.46. The zero-order valence-electron chi connectivity index (χ0n) is 13.4. The predicted molar refractivity (Wildman–Crippen MR) is 85.7 cm³/mol. The number of hydrogen-bond donors (Lipinski definition) is 1. The third-order valence-corrected chi connectivity index (χ3v) is 4.98. The van der Waals surface area contributed by atoms with Gasteiger partial charge in [0.15, 0.2) is 0 Å². The molecule has 1 saturated heterocycles. The minimum absolute atomic E-state index is 0.101. The van der Waals surface area contributed by atoms with Gasteiger partial charge in [-0.05, 0) is 37.3 Å². The monoisotopic (exact) mass is 317 g/mol. The Hall–Kier alpha value is -1.95. The Morgan fingerprint density at radius 3 is 2.78 bits per heavy atom. The van der Waals surface area contributed by atoms with Crippen LogP contribution < -0.4 is 5.32 Å². The molecule has 6 nitrogen and oxygen atoms in total. The number of nitrogens with zero attached hydrogens (tertiary/aromatic N) is 2. The van der Waals surface area contributed by atoms with Crippen LogP contribution in [0.2, 0.25) is 0 Å².